The largest absolute Gasteiger partial charge is 0.309 e. The summed E-state index contributed by atoms with van der Waals surface area (Å²) in [6.07, 6.45) is 0. The van der Waals surface area contributed by atoms with E-state index in [9.17, 15) is 0 Å². The summed E-state index contributed by atoms with van der Waals surface area (Å²) in [6, 6.07) is 53.9. The molecule has 7 aromatic carbocycles. The molecule has 0 saturated heterocycles. The number of hydrogen-bond acceptors (Lipinski definition) is 5. The Morgan fingerprint density at radius 3 is 1.17 bits per heavy atom. The van der Waals surface area contributed by atoms with Crippen molar-refractivity contribution in [2.24, 2.45) is 0 Å². The lowest BCUT2D eigenvalue weighted by Crippen LogP contribution is -2.17. The fourth-order valence-corrected chi connectivity index (χ4v) is 9.54. The van der Waals surface area contributed by atoms with Gasteiger partial charge >= 0.3 is 0 Å². The number of nitrogens with zero attached hydrogens (tertiary/aromatic N) is 8. The van der Waals surface area contributed by atoms with Crippen molar-refractivity contribution in [3.05, 3.63) is 203 Å². The van der Waals surface area contributed by atoms with Gasteiger partial charge in [-0.2, -0.15) is 0 Å². The van der Waals surface area contributed by atoms with Crippen LogP contribution < -0.4 is 0 Å². The van der Waals surface area contributed by atoms with Gasteiger partial charge in [0.25, 0.3) is 0 Å². The molecule has 0 aliphatic heterocycles. The molecule has 3 heterocycles. The van der Waals surface area contributed by atoms with E-state index in [1.807, 2.05) is 84.9 Å². The van der Waals surface area contributed by atoms with E-state index in [1.165, 1.54) is 22.3 Å². The molecular weight excluding hydrogens is 917 g/mol. The maximum absolute atomic E-state index is 7.98. The molecule has 8 heteroatoms. The summed E-state index contributed by atoms with van der Waals surface area (Å²) in [5, 5.41) is 1.74. The first-order chi connectivity index (χ1) is 35.5. The molecular formula is C67H62N8. The molecule has 10 rings (SSSR count). The summed E-state index contributed by atoms with van der Waals surface area (Å²) in [4.78, 5) is 34.7. The van der Waals surface area contributed by atoms with Crippen molar-refractivity contribution in [3.63, 3.8) is 0 Å². The van der Waals surface area contributed by atoms with Crippen LogP contribution in [-0.2, 0) is 21.7 Å². The highest BCUT2D eigenvalue weighted by Crippen LogP contribution is 2.42. The van der Waals surface area contributed by atoms with E-state index >= 15 is 0 Å². The third-order valence-corrected chi connectivity index (χ3v) is 14.1. The van der Waals surface area contributed by atoms with E-state index < -0.39 is 0 Å². The maximum Gasteiger partial charge on any atom is 0.188 e. The fourth-order valence-electron chi connectivity index (χ4n) is 9.54. The van der Waals surface area contributed by atoms with E-state index in [-0.39, 0.29) is 21.7 Å². The summed E-state index contributed by atoms with van der Waals surface area (Å²) in [7, 11) is 0. The second-order valence-electron chi connectivity index (χ2n) is 23.8. The average molecular weight is 979 g/mol. The second kappa shape index (κ2) is 18.7. The second-order valence-corrected chi connectivity index (χ2v) is 23.8. The quantitative estimate of drug-likeness (QED) is 0.149. The predicted octanol–water partition coefficient (Wildman–Crippen LogP) is 18.1. The minimum absolute atomic E-state index is 0.162. The number of fused-ring (bicyclic) bond motifs is 3. The Morgan fingerprint density at radius 1 is 0.347 bits per heavy atom. The number of hydrogen-bond donors (Lipinski definition) is 0. The van der Waals surface area contributed by atoms with E-state index in [0.29, 0.717) is 34.7 Å². The Balaban J connectivity index is 1.34. The number of benzene rings is 7. The lowest BCUT2D eigenvalue weighted by molar-refractivity contribution is 0.568. The SMILES string of the molecule is [C-]#[N+]c1ccc2c(c1)c1cc([N+]#[C-])ccc1n2-c1ccc(-c2cc(-c3ccccc3)nc(-c3ccccc3)n2)cc1-c1nc(-c2cc(C(C)(C)C)cc(C(C)(C)C)c2)nc(-c2cc(C(C)(C)C)cc(C(C)(C)C)c2)n1. The zero-order valence-corrected chi connectivity index (χ0v) is 45.1. The molecule has 0 N–H and O–H groups in total. The van der Waals surface area contributed by atoms with Crippen molar-refractivity contribution in [2.45, 2.75) is 105 Å². The molecule has 0 fully saturated rings. The standard InChI is InChI=1S/C67H62N8/c1-64(2,3)46-31-44(32-47(36-46)65(4,5)6)61-72-62(45-33-48(66(7,8)9)37-49(34-45)67(10,11)12)74-63(73-61)54-35-43(56-40-55(41-21-17-15-18-22-41)70-60(71-56)42-23-19-16-20-24-42)25-28-59(54)75-57-29-26-50(68-13)38-52(57)53-39-51(69-14)27-30-58(53)75/h15-40H,1-12H3. The Labute approximate surface area is 441 Å². The average Bonchev–Trinajstić information content (AvgIpc) is 3.72. The van der Waals surface area contributed by atoms with E-state index in [4.69, 9.17) is 38.1 Å². The van der Waals surface area contributed by atoms with Gasteiger partial charge in [0.15, 0.2) is 34.7 Å². The topological polar surface area (TPSA) is 78.1 Å². The first-order valence-electron chi connectivity index (χ1n) is 25.6. The van der Waals surface area contributed by atoms with Gasteiger partial charge in [-0.25, -0.2) is 34.6 Å². The summed E-state index contributed by atoms with van der Waals surface area (Å²) >= 11 is 0. The lowest BCUT2D eigenvalue weighted by atomic mass is 9.79. The van der Waals surface area contributed by atoms with E-state index in [2.05, 4.69) is 170 Å². The van der Waals surface area contributed by atoms with Crippen LogP contribution in [-0.4, -0.2) is 29.5 Å². The molecule has 0 radical (unpaired) electrons. The predicted molar refractivity (Wildman–Crippen MR) is 310 cm³/mol. The molecule has 3 aromatic heterocycles. The van der Waals surface area contributed by atoms with Crippen LogP contribution in [0.2, 0.25) is 0 Å². The molecule has 0 saturated carbocycles. The van der Waals surface area contributed by atoms with Gasteiger partial charge in [0.05, 0.1) is 41.3 Å². The highest BCUT2D eigenvalue weighted by Gasteiger charge is 2.27. The van der Waals surface area contributed by atoms with Crippen molar-refractivity contribution in [1.29, 1.82) is 0 Å². The lowest BCUT2D eigenvalue weighted by Gasteiger charge is -2.26. The minimum atomic E-state index is -0.162. The zero-order valence-electron chi connectivity index (χ0n) is 45.1. The molecule has 0 unspecified atom stereocenters. The molecule has 0 aliphatic rings. The summed E-state index contributed by atoms with van der Waals surface area (Å²) in [6.45, 7) is 43.0. The first kappa shape index (κ1) is 50.0. The molecule has 0 amide bonds. The summed E-state index contributed by atoms with van der Waals surface area (Å²) in [5.74, 6) is 2.21. The van der Waals surface area contributed by atoms with Crippen LogP contribution in [0.4, 0.5) is 11.4 Å². The van der Waals surface area contributed by atoms with Crippen LogP contribution in [0.15, 0.2) is 158 Å². The van der Waals surface area contributed by atoms with Crippen LogP contribution in [0.5, 0.6) is 0 Å². The Morgan fingerprint density at radius 2 is 0.747 bits per heavy atom. The number of rotatable bonds is 7. The van der Waals surface area contributed by atoms with Crippen molar-refractivity contribution in [1.82, 2.24) is 29.5 Å². The monoisotopic (exact) mass is 979 g/mol. The van der Waals surface area contributed by atoms with Gasteiger partial charge in [0.2, 0.25) is 0 Å². The molecule has 370 valence electrons. The first-order valence-corrected chi connectivity index (χ1v) is 25.6. The zero-order chi connectivity index (χ0) is 53.2. The van der Waals surface area contributed by atoms with Crippen molar-refractivity contribution in [3.8, 4) is 73.8 Å². The van der Waals surface area contributed by atoms with Crippen LogP contribution in [0.1, 0.15) is 105 Å². The Bertz CT molecular complexity index is 3650. The van der Waals surface area contributed by atoms with Gasteiger partial charge in [-0.1, -0.05) is 174 Å². The van der Waals surface area contributed by atoms with Gasteiger partial charge in [0, 0.05) is 33.4 Å². The Kier molecular flexibility index (Phi) is 12.5. The molecule has 75 heavy (non-hydrogen) atoms. The van der Waals surface area contributed by atoms with Gasteiger partial charge in [-0.3, -0.25) is 0 Å². The molecule has 10 aromatic rings. The van der Waals surface area contributed by atoms with Crippen LogP contribution in [0.25, 0.3) is 105 Å². The van der Waals surface area contributed by atoms with Crippen molar-refractivity contribution >= 4 is 33.2 Å². The van der Waals surface area contributed by atoms with Crippen LogP contribution in [0, 0.1) is 13.1 Å². The van der Waals surface area contributed by atoms with Gasteiger partial charge < -0.3 is 4.57 Å². The maximum atomic E-state index is 7.98. The van der Waals surface area contributed by atoms with Crippen molar-refractivity contribution < 1.29 is 0 Å². The van der Waals surface area contributed by atoms with Gasteiger partial charge in [0.1, 0.15) is 0 Å². The summed E-state index contributed by atoms with van der Waals surface area (Å²) < 4.78 is 2.22. The van der Waals surface area contributed by atoms with E-state index in [0.717, 1.165) is 72.3 Å². The third kappa shape index (κ3) is 9.97. The van der Waals surface area contributed by atoms with Gasteiger partial charge in [-0.15, -0.1) is 0 Å². The highest BCUT2D eigenvalue weighted by atomic mass is 15.1. The smallest absolute Gasteiger partial charge is 0.188 e. The van der Waals surface area contributed by atoms with Crippen LogP contribution in [0.3, 0.4) is 0 Å². The normalized spacial score (nSPS) is 12.2. The van der Waals surface area contributed by atoms with Crippen LogP contribution >= 0.6 is 0 Å². The minimum Gasteiger partial charge on any atom is -0.309 e. The van der Waals surface area contributed by atoms with Crippen molar-refractivity contribution in [2.75, 3.05) is 0 Å². The summed E-state index contributed by atoms with van der Waals surface area (Å²) in [5.41, 5.74) is 14.5. The third-order valence-electron chi connectivity index (χ3n) is 14.1. The fraction of sp³-hybridized carbons (Fsp3) is 0.239. The molecule has 0 atom stereocenters. The molecule has 0 aliphatic carbocycles. The Hall–Kier alpha value is -8.59. The highest BCUT2D eigenvalue weighted by molar-refractivity contribution is 6.12. The number of aromatic nitrogens is 6. The molecule has 0 spiro atoms. The van der Waals surface area contributed by atoms with E-state index in [1.54, 1.807) is 0 Å². The molecule has 0 bridgehead atoms. The van der Waals surface area contributed by atoms with Gasteiger partial charge in [-0.05, 0) is 121 Å². The molecule has 8 nitrogen and oxygen atoms in total.